The fourth-order valence-corrected chi connectivity index (χ4v) is 10.1. The van der Waals surface area contributed by atoms with Gasteiger partial charge in [-0.1, -0.05) is 61.9 Å². The van der Waals surface area contributed by atoms with Crippen molar-refractivity contribution >= 4 is 74.9 Å². The number of nitrogens with one attached hydrogen (secondary N) is 4. The number of thiazole rings is 1. The SMILES string of the molecule is CNC(=O)COc1cc2cc(Nc3nc(N4CCC(c5cn(CCOCC(=O)N[C@H](C(=O)N6C[C@H](O)C[C@H]6C(=O)N[C@@H](C)c6ccc(-c7scnc7C)cc6)C(C)(C)C)nn5)CC4)ncc3Cl)ccc2n(C)c1=O. The molecule has 8 rings (SSSR count). The minimum Gasteiger partial charge on any atom is -0.478 e. The van der Waals surface area contributed by atoms with Gasteiger partial charge in [0.1, 0.15) is 23.7 Å². The van der Waals surface area contributed by atoms with Crippen LogP contribution in [0, 0.1) is 12.3 Å². The van der Waals surface area contributed by atoms with E-state index in [1.807, 2.05) is 82.7 Å². The summed E-state index contributed by atoms with van der Waals surface area (Å²) in [5.41, 5.74) is 5.79. The van der Waals surface area contributed by atoms with Crippen LogP contribution in [0.25, 0.3) is 21.3 Å². The van der Waals surface area contributed by atoms with Gasteiger partial charge in [-0.2, -0.15) is 4.98 Å². The first-order valence-corrected chi connectivity index (χ1v) is 25.7. The van der Waals surface area contributed by atoms with Gasteiger partial charge in [-0.3, -0.25) is 24.0 Å². The molecule has 392 valence electrons. The molecular weight excluding hydrogens is 990 g/mol. The number of likely N-dealkylation sites (tertiary alicyclic amines) is 1. The zero-order valence-electron chi connectivity index (χ0n) is 42.4. The van der Waals surface area contributed by atoms with Crippen molar-refractivity contribution in [2.45, 2.75) is 90.6 Å². The zero-order chi connectivity index (χ0) is 52.8. The third-order valence-corrected chi connectivity index (χ3v) is 14.6. The molecule has 2 saturated heterocycles. The summed E-state index contributed by atoms with van der Waals surface area (Å²) in [6.07, 6.45) is 4.17. The predicted molar refractivity (Wildman–Crippen MR) is 280 cm³/mol. The van der Waals surface area contributed by atoms with Crippen LogP contribution >= 0.6 is 22.9 Å². The number of ether oxygens (including phenoxy) is 2. The summed E-state index contributed by atoms with van der Waals surface area (Å²) in [6, 6.07) is 12.7. The average molecular weight is 1050 g/mol. The van der Waals surface area contributed by atoms with Gasteiger partial charge in [0.15, 0.2) is 18.2 Å². The van der Waals surface area contributed by atoms with Gasteiger partial charge >= 0.3 is 0 Å². The van der Waals surface area contributed by atoms with Crippen molar-refractivity contribution in [2.75, 3.05) is 56.7 Å². The van der Waals surface area contributed by atoms with Crippen LogP contribution in [0.3, 0.4) is 0 Å². The number of aryl methyl sites for hydroxylation is 2. The Morgan fingerprint density at radius 3 is 2.46 bits per heavy atom. The number of carbonyl (C=O) groups excluding carboxylic acids is 4. The number of likely N-dealkylation sites (N-methyl/N-ethyl adjacent to an activating group) is 1. The third-order valence-electron chi connectivity index (χ3n) is 13.3. The lowest BCUT2D eigenvalue weighted by molar-refractivity contribution is -0.144. The number of amides is 4. The highest BCUT2D eigenvalue weighted by Gasteiger charge is 2.45. The average Bonchev–Trinajstić information content (AvgIpc) is 4.15. The summed E-state index contributed by atoms with van der Waals surface area (Å²) >= 11 is 8.13. The van der Waals surface area contributed by atoms with Crippen molar-refractivity contribution in [3.8, 4) is 16.2 Å². The summed E-state index contributed by atoms with van der Waals surface area (Å²) in [6.45, 7) is 10.5. The number of β-amino-alcohol motifs (C(OH)–C–C–N with tert-alkyl or cyclic N) is 1. The van der Waals surface area contributed by atoms with E-state index in [0.29, 0.717) is 53.0 Å². The number of halogens is 1. The molecule has 4 atom stereocenters. The second-order valence-corrected chi connectivity index (χ2v) is 21.0. The third kappa shape index (κ3) is 12.5. The highest BCUT2D eigenvalue weighted by atomic mass is 35.5. The lowest BCUT2D eigenvalue weighted by Gasteiger charge is -2.35. The van der Waals surface area contributed by atoms with Crippen LogP contribution in [0.4, 0.5) is 17.5 Å². The number of pyridine rings is 1. The Morgan fingerprint density at radius 2 is 1.76 bits per heavy atom. The molecule has 0 bridgehead atoms. The van der Waals surface area contributed by atoms with E-state index in [4.69, 9.17) is 26.1 Å². The highest BCUT2D eigenvalue weighted by Crippen LogP contribution is 2.33. The van der Waals surface area contributed by atoms with Crippen molar-refractivity contribution in [2.24, 2.45) is 12.5 Å². The van der Waals surface area contributed by atoms with Gasteiger partial charge in [0.25, 0.3) is 11.5 Å². The number of hydrogen-bond donors (Lipinski definition) is 5. The molecule has 2 fully saturated rings. The Labute approximate surface area is 437 Å². The standard InChI is InChI=1S/C51H62ClN13O8S/c1-29(31-8-10-33(11-9-31)44-30(2)55-28-74-44)56-47(69)40-22-36(66)24-65(40)49(71)45(51(3,4)5)58-43(68)26-72-19-18-64-25-38(60-61-64)32-14-16-63(17-15-32)50-54-23-37(52)46(59-50)57-35-12-13-39-34(20-35)21-41(48(70)62(39)7)73-27-42(67)53-6/h8-13,20-21,23,25,28-29,32,36,40,45,66H,14-19,22,24,26-27H2,1-7H3,(H,53,67)(H,56,69)(H,58,68)(H,54,57,59)/t29-,36+,40-,45+/m0/s1. The molecule has 0 saturated carbocycles. The molecule has 6 aromatic rings. The summed E-state index contributed by atoms with van der Waals surface area (Å²) in [7, 11) is 3.13. The topological polar surface area (TPSA) is 253 Å². The van der Waals surface area contributed by atoms with Crippen molar-refractivity contribution in [3.05, 3.63) is 98.8 Å². The molecule has 21 nitrogen and oxygen atoms in total. The monoisotopic (exact) mass is 1050 g/mol. The summed E-state index contributed by atoms with van der Waals surface area (Å²) in [5.74, 6) is -0.572. The van der Waals surface area contributed by atoms with Crippen molar-refractivity contribution < 1.29 is 33.8 Å². The number of benzene rings is 2. The van der Waals surface area contributed by atoms with E-state index in [0.717, 1.165) is 40.2 Å². The Kier molecular flexibility index (Phi) is 16.6. The molecule has 0 radical (unpaired) electrons. The van der Waals surface area contributed by atoms with Gasteiger partial charge in [-0.05, 0) is 67.5 Å². The molecule has 2 aliphatic heterocycles. The summed E-state index contributed by atoms with van der Waals surface area (Å²) in [5, 5.41) is 32.1. The van der Waals surface area contributed by atoms with E-state index in [2.05, 4.69) is 46.4 Å². The number of piperidine rings is 1. The van der Waals surface area contributed by atoms with Crippen LogP contribution in [-0.4, -0.2) is 133 Å². The normalized spacial score (nSPS) is 17.0. The highest BCUT2D eigenvalue weighted by molar-refractivity contribution is 7.13. The van der Waals surface area contributed by atoms with Gasteiger partial charge < -0.3 is 50.2 Å². The zero-order valence-corrected chi connectivity index (χ0v) is 44.0. The fourth-order valence-electron chi connectivity index (χ4n) is 9.11. The number of aliphatic hydroxyl groups is 1. The maximum atomic E-state index is 14.2. The fraction of sp³-hybridized carbons (Fsp3) is 0.451. The molecule has 2 aliphatic rings. The minimum atomic E-state index is -0.997. The summed E-state index contributed by atoms with van der Waals surface area (Å²) < 4.78 is 14.4. The van der Waals surface area contributed by atoms with E-state index in [9.17, 15) is 29.1 Å². The van der Waals surface area contributed by atoms with E-state index >= 15 is 0 Å². The Morgan fingerprint density at radius 1 is 1.00 bits per heavy atom. The van der Waals surface area contributed by atoms with Crippen LogP contribution in [0.2, 0.25) is 5.02 Å². The quantitative estimate of drug-likeness (QED) is 0.0736. The van der Waals surface area contributed by atoms with Crippen LogP contribution < -0.4 is 36.5 Å². The van der Waals surface area contributed by atoms with E-state index in [1.165, 1.54) is 16.5 Å². The number of aliphatic hydroxyl groups excluding tert-OH is 1. The number of nitrogens with zero attached hydrogens (tertiary/aromatic N) is 9. The van der Waals surface area contributed by atoms with Crippen LogP contribution in [0.1, 0.15) is 75.9 Å². The van der Waals surface area contributed by atoms with Gasteiger partial charge in [-0.15, -0.1) is 16.4 Å². The minimum absolute atomic E-state index is 0.0365. The van der Waals surface area contributed by atoms with Crippen molar-refractivity contribution in [3.63, 3.8) is 0 Å². The summed E-state index contributed by atoms with van der Waals surface area (Å²) in [4.78, 5) is 83.9. The van der Waals surface area contributed by atoms with E-state index in [1.54, 1.807) is 41.4 Å². The lowest BCUT2D eigenvalue weighted by Crippen LogP contribution is -2.58. The Balaban J connectivity index is 0.794. The van der Waals surface area contributed by atoms with Crippen molar-refractivity contribution in [1.82, 2.24) is 55.4 Å². The molecule has 6 heterocycles. The van der Waals surface area contributed by atoms with Crippen molar-refractivity contribution in [1.29, 1.82) is 0 Å². The largest absolute Gasteiger partial charge is 0.478 e. The van der Waals surface area contributed by atoms with Crippen LogP contribution in [0.15, 0.2) is 71.2 Å². The second-order valence-electron chi connectivity index (χ2n) is 19.7. The molecule has 5 N–H and O–H groups in total. The number of rotatable bonds is 18. The van der Waals surface area contributed by atoms with E-state index in [-0.39, 0.29) is 67.9 Å². The van der Waals surface area contributed by atoms with E-state index < -0.39 is 35.4 Å². The van der Waals surface area contributed by atoms with Crippen LogP contribution in [0.5, 0.6) is 5.75 Å². The van der Waals surface area contributed by atoms with Gasteiger partial charge in [0.2, 0.25) is 23.7 Å². The first kappa shape index (κ1) is 53.3. The van der Waals surface area contributed by atoms with Gasteiger partial charge in [0, 0.05) is 63.3 Å². The maximum absolute atomic E-state index is 14.2. The molecule has 0 unspecified atom stereocenters. The first-order chi connectivity index (χ1) is 35.4. The smallest absolute Gasteiger partial charge is 0.293 e. The lowest BCUT2D eigenvalue weighted by atomic mass is 9.85. The molecule has 23 heteroatoms. The molecule has 4 amide bonds. The maximum Gasteiger partial charge on any atom is 0.293 e. The molecule has 2 aromatic carbocycles. The van der Waals surface area contributed by atoms with Crippen LogP contribution in [-0.2, 0) is 37.5 Å². The molecule has 0 aliphatic carbocycles. The predicted octanol–water partition coefficient (Wildman–Crippen LogP) is 4.64. The molecule has 74 heavy (non-hydrogen) atoms. The number of anilines is 3. The Hall–Kier alpha value is -7.01. The molecule has 4 aromatic heterocycles. The van der Waals surface area contributed by atoms with Gasteiger partial charge in [-0.25, -0.2) is 14.6 Å². The molecule has 0 spiro atoms. The first-order valence-electron chi connectivity index (χ1n) is 24.4. The second kappa shape index (κ2) is 23.0. The van der Waals surface area contributed by atoms with Gasteiger partial charge in [0.05, 0.1) is 58.8 Å². The number of hydrogen-bond acceptors (Lipinski definition) is 16. The molecular formula is C51H62ClN13O8S. The number of carbonyl (C=O) groups is 4. The number of aromatic nitrogens is 7. The Bertz CT molecular complexity index is 3060. The number of fused-ring (bicyclic) bond motifs is 1.